The summed E-state index contributed by atoms with van der Waals surface area (Å²) in [6.45, 7) is 1.59. The summed E-state index contributed by atoms with van der Waals surface area (Å²) >= 11 is 17.5. The van der Waals surface area contributed by atoms with Gasteiger partial charge in [0.15, 0.2) is 17.7 Å². The normalized spacial score (nSPS) is 11.8. The lowest BCUT2D eigenvalue weighted by atomic mass is 10.0. The molecule has 2 rings (SSSR count). The molecule has 0 heterocycles. The number of benzene rings is 2. The Morgan fingerprint density at radius 3 is 2.22 bits per heavy atom. The van der Waals surface area contributed by atoms with Gasteiger partial charge in [0.25, 0.3) is 0 Å². The molecule has 1 atom stereocenters. The molecule has 0 aliphatic carbocycles. The van der Waals surface area contributed by atoms with Crippen molar-refractivity contribution in [3.05, 3.63) is 63.1 Å². The Hall–Kier alpha value is -1.55. The molecule has 0 fully saturated rings. The first kappa shape index (κ1) is 17.8. The Bertz CT molecular complexity index is 726. The standard InChI is InChI=1S/C17H13Cl3O3/c1-10(23-13-5-2-11(18)3-6-13)16(21)9-17(22)14-7-4-12(19)8-15(14)20/h2-8,10H,9H2,1H3/t10-/m1/s1. The van der Waals surface area contributed by atoms with E-state index in [-0.39, 0.29) is 28.6 Å². The van der Waals surface area contributed by atoms with Crippen molar-refractivity contribution in [3.8, 4) is 5.75 Å². The van der Waals surface area contributed by atoms with E-state index in [1.54, 1.807) is 37.3 Å². The van der Waals surface area contributed by atoms with Crippen LogP contribution in [0.2, 0.25) is 15.1 Å². The van der Waals surface area contributed by atoms with Crippen LogP contribution in [0.15, 0.2) is 42.5 Å². The zero-order valence-electron chi connectivity index (χ0n) is 12.2. The Morgan fingerprint density at radius 1 is 1.00 bits per heavy atom. The molecule has 0 spiro atoms. The third-order valence-corrected chi connectivity index (χ3v) is 3.95. The molecule has 0 saturated heterocycles. The topological polar surface area (TPSA) is 43.4 Å². The van der Waals surface area contributed by atoms with Crippen molar-refractivity contribution in [3.63, 3.8) is 0 Å². The van der Waals surface area contributed by atoms with E-state index < -0.39 is 6.10 Å². The summed E-state index contributed by atoms with van der Waals surface area (Å²) in [5, 5.41) is 1.22. The summed E-state index contributed by atoms with van der Waals surface area (Å²) in [7, 11) is 0. The number of ether oxygens (including phenoxy) is 1. The fourth-order valence-electron chi connectivity index (χ4n) is 1.90. The predicted molar refractivity (Wildman–Crippen MR) is 92.0 cm³/mol. The van der Waals surface area contributed by atoms with E-state index >= 15 is 0 Å². The SMILES string of the molecule is C[C@@H](Oc1ccc(Cl)cc1)C(=O)CC(=O)c1ccc(Cl)cc1Cl. The summed E-state index contributed by atoms with van der Waals surface area (Å²) in [6.07, 6.45) is -1.05. The van der Waals surface area contributed by atoms with Gasteiger partial charge in [0.05, 0.1) is 11.4 Å². The van der Waals surface area contributed by atoms with E-state index in [0.717, 1.165) is 0 Å². The lowest BCUT2D eigenvalue weighted by Gasteiger charge is -2.13. The molecule has 2 aromatic rings. The first-order chi connectivity index (χ1) is 10.9. The highest BCUT2D eigenvalue weighted by molar-refractivity contribution is 6.37. The maximum Gasteiger partial charge on any atom is 0.180 e. The van der Waals surface area contributed by atoms with Crippen molar-refractivity contribution in [1.29, 1.82) is 0 Å². The molecule has 0 unspecified atom stereocenters. The first-order valence-corrected chi connectivity index (χ1v) is 7.93. The molecule has 0 aliphatic heterocycles. The fraction of sp³-hybridized carbons (Fsp3) is 0.176. The minimum absolute atomic E-state index is 0.224. The second-order valence-electron chi connectivity index (χ2n) is 4.90. The summed E-state index contributed by atoms with van der Waals surface area (Å²) in [4.78, 5) is 24.3. The van der Waals surface area contributed by atoms with Gasteiger partial charge >= 0.3 is 0 Å². The van der Waals surface area contributed by atoms with Crippen LogP contribution in [0, 0.1) is 0 Å². The molecule has 23 heavy (non-hydrogen) atoms. The third-order valence-electron chi connectivity index (χ3n) is 3.15. The van der Waals surface area contributed by atoms with E-state index in [4.69, 9.17) is 39.5 Å². The second kappa shape index (κ2) is 7.82. The minimum Gasteiger partial charge on any atom is -0.483 e. The molecule has 0 amide bonds. The van der Waals surface area contributed by atoms with Crippen LogP contribution in [-0.2, 0) is 4.79 Å². The molecular formula is C17H13Cl3O3. The van der Waals surface area contributed by atoms with Crippen LogP contribution in [0.1, 0.15) is 23.7 Å². The molecule has 0 aromatic heterocycles. The Kier molecular flexibility index (Phi) is 6.05. The van der Waals surface area contributed by atoms with Crippen molar-refractivity contribution in [2.45, 2.75) is 19.4 Å². The van der Waals surface area contributed by atoms with Crippen LogP contribution in [0.5, 0.6) is 5.75 Å². The number of rotatable bonds is 6. The third kappa shape index (κ3) is 4.96. The average molecular weight is 372 g/mol. The minimum atomic E-state index is -0.758. The van der Waals surface area contributed by atoms with Gasteiger partial charge in [-0.15, -0.1) is 0 Å². The van der Waals surface area contributed by atoms with Gasteiger partial charge in [-0.05, 0) is 49.4 Å². The van der Waals surface area contributed by atoms with Crippen molar-refractivity contribution < 1.29 is 14.3 Å². The van der Waals surface area contributed by atoms with Crippen molar-refractivity contribution in [1.82, 2.24) is 0 Å². The summed E-state index contributed by atoms with van der Waals surface area (Å²) < 4.78 is 5.50. The largest absolute Gasteiger partial charge is 0.483 e. The van der Waals surface area contributed by atoms with Crippen LogP contribution in [0.3, 0.4) is 0 Å². The summed E-state index contributed by atoms with van der Waals surface area (Å²) in [5.74, 6) is -0.202. The van der Waals surface area contributed by atoms with Crippen LogP contribution in [-0.4, -0.2) is 17.7 Å². The number of hydrogen-bond donors (Lipinski definition) is 0. The molecule has 0 N–H and O–H groups in total. The Morgan fingerprint density at radius 2 is 1.61 bits per heavy atom. The maximum atomic E-state index is 12.2. The lowest BCUT2D eigenvalue weighted by molar-refractivity contribution is -0.124. The predicted octanol–water partition coefficient (Wildman–Crippen LogP) is 5.26. The fourth-order valence-corrected chi connectivity index (χ4v) is 2.54. The van der Waals surface area contributed by atoms with Gasteiger partial charge < -0.3 is 4.74 Å². The zero-order valence-corrected chi connectivity index (χ0v) is 14.5. The van der Waals surface area contributed by atoms with Crippen molar-refractivity contribution in [2.75, 3.05) is 0 Å². The first-order valence-electron chi connectivity index (χ1n) is 6.80. The Balaban J connectivity index is 2.00. The number of carbonyl (C=O) groups is 2. The number of halogens is 3. The molecule has 2 aromatic carbocycles. The monoisotopic (exact) mass is 370 g/mol. The Labute approximate surface area is 149 Å². The van der Waals surface area contributed by atoms with Crippen LogP contribution in [0.25, 0.3) is 0 Å². The number of carbonyl (C=O) groups excluding carboxylic acids is 2. The van der Waals surface area contributed by atoms with E-state index in [1.807, 2.05) is 0 Å². The number of ketones is 2. The van der Waals surface area contributed by atoms with Crippen LogP contribution < -0.4 is 4.74 Å². The van der Waals surface area contributed by atoms with E-state index in [1.165, 1.54) is 12.1 Å². The van der Waals surface area contributed by atoms with E-state index in [2.05, 4.69) is 0 Å². The number of Topliss-reactive ketones (excluding diaryl/α,β-unsaturated/α-hetero) is 2. The molecule has 3 nitrogen and oxygen atoms in total. The summed E-state index contributed by atoms with van der Waals surface area (Å²) in [6, 6.07) is 11.2. The molecule has 0 saturated carbocycles. The lowest BCUT2D eigenvalue weighted by Crippen LogP contribution is -2.26. The summed E-state index contributed by atoms with van der Waals surface area (Å²) in [5.41, 5.74) is 0.267. The van der Waals surface area contributed by atoms with E-state index in [0.29, 0.717) is 15.8 Å². The average Bonchev–Trinajstić information content (AvgIpc) is 2.49. The second-order valence-corrected chi connectivity index (χ2v) is 6.18. The van der Waals surface area contributed by atoms with Crippen molar-refractivity contribution in [2.24, 2.45) is 0 Å². The molecule has 0 radical (unpaired) electrons. The molecule has 0 aliphatic rings. The molecule has 120 valence electrons. The van der Waals surface area contributed by atoms with Gasteiger partial charge in [-0.25, -0.2) is 0 Å². The quantitative estimate of drug-likeness (QED) is 0.514. The van der Waals surface area contributed by atoms with Gasteiger partial charge in [0, 0.05) is 15.6 Å². The van der Waals surface area contributed by atoms with Gasteiger partial charge in [-0.2, -0.15) is 0 Å². The van der Waals surface area contributed by atoms with Crippen LogP contribution >= 0.6 is 34.8 Å². The highest BCUT2D eigenvalue weighted by Crippen LogP contribution is 2.23. The smallest absolute Gasteiger partial charge is 0.180 e. The maximum absolute atomic E-state index is 12.2. The van der Waals surface area contributed by atoms with Crippen LogP contribution in [0.4, 0.5) is 0 Å². The number of hydrogen-bond acceptors (Lipinski definition) is 3. The molecule has 6 heteroatoms. The van der Waals surface area contributed by atoms with Gasteiger partial charge in [0.1, 0.15) is 5.75 Å². The van der Waals surface area contributed by atoms with Gasteiger partial charge in [0.2, 0.25) is 0 Å². The highest BCUT2D eigenvalue weighted by Gasteiger charge is 2.21. The zero-order chi connectivity index (χ0) is 17.0. The molecular weight excluding hydrogens is 359 g/mol. The van der Waals surface area contributed by atoms with Gasteiger partial charge in [-0.3, -0.25) is 9.59 Å². The molecule has 0 bridgehead atoms. The van der Waals surface area contributed by atoms with Crippen molar-refractivity contribution >= 4 is 46.4 Å². The van der Waals surface area contributed by atoms with Gasteiger partial charge in [-0.1, -0.05) is 34.8 Å². The highest BCUT2D eigenvalue weighted by atomic mass is 35.5. The van der Waals surface area contributed by atoms with E-state index in [9.17, 15) is 9.59 Å².